The first-order valence-electron chi connectivity index (χ1n) is 5.49. The maximum atomic E-state index is 11.5. The van der Waals surface area contributed by atoms with E-state index in [9.17, 15) is 13.2 Å². The standard InChI is InChI=1S/C11H17N3O3S2/c1-14(2)6-3-4-10(15)13-8-9-5-7-18-11(9)19(12,16)17/h3-5,7H,6,8H2,1-2H3,(H,13,15)(H2,12,16,17)/b4-3+. The summed E-state index contributed by atoms with van der Waals surface area (Å²) in [7, 11) is 0.0660. The van der Waals surface area contributed by atoms with Crippen molar-refractivity contribution in [1.82, 2.24) is 10.2 Å². The molecule has 0 unspecified atom stereocenters. The third-order valence-corrected chi connectivity index (χ3v) is 4.67. The second kappa shape index (κ2) is 6.80. The highest BCUT2D eigenvalue weighted by atomic mass is 32.2. The summed E-state index contributed by atoms with van der Waals surface area (Å²) in [5.41, 5.74) is 0.502. The molecule has 0 aliphatic carbocycles. The number of thiophene rings is 1. The average Bonchev–Trinajstić information content (AvgIpc) is 2.73. The normalized spacial score (nSPS) is 12.2. The molecule has 0 spiro atoms. The van der Waals surface area contributed by atoms with Gasteiger partial charge in [0.05, 0.1) is 0 Å². The summed E-state index contributed by atoms with van der Waals surface area (Å²) in [6, 6.07) is 1.63. The summed E-state index contributed by atoms with van der Waals surface area (Å²) < 4.78 is 22.6. The maximum absolute atomic E-state index is 11.5. The van der Waals surface area contributed by atoms with E-state index in [0.717, 1.165) is 11.3 Å². The van der Waals surface area contributed by atoms with Gasteiger partial charge in [-0.15, -0.1) is 11.3 Å². The Morgan fingerprint density at radius 1 is 1.53 bits per heavy atom. The number of hydrogen-bond acceptors (Lipinski definition) is 5. The summed E-state index contributed by atoms with van der Waals surface area (Å²) in [4.78, 5) is 13.4. The first kappa shape index (κ1) is 15.8. The molecule has 0 aliphatic heterocycles. The summed E-state index contributed by atoms with van der Waals surface area (Å²) >= 11 is 1.04. The third kappa shape index (κ3) is 5.52. The number of nitrogens with zero attached hydrogens (tertiary/aromatic N) is 1. The Hall–Kier alpha value is -1.22. The minimum absolute atomic E-state index is 0.0880. The third-order valence-electron chi connectivity index (χ3n) is 2.16. The fourth-order valence-electron chi connectivity index (χ4n) is 1.31. The van der Waals surface area contributed by atoms with Gasteiger partial charge in [-0.3, -0.25) is 4.79 Å². The van der Waals surface area contributed by atoms with Crippen molar-refractivity contribution < 1.29 is 13.2 Å². The van der Waals surface area contributed by atoms with Crippen LogP contribution in [0.4, 0.5) is 0 Å². The molecule has 0 radical (unpaired) electrons. The molecular weight excluding hydrogens is 286 g/mol. The van der Waals surface area contributed by atoms with Crippen LogP contribution in [0, 0.1) is 0 Å². The SMILES string of the molecule is CN(C)C/C=C/C(=O)NCc1ccsc1S(N)(=O)=O. The summed E-state index contributed by atoms with van der Waals surface area (Å²) in [6.07, 6.45) is 3.15. The molecule has 0 saturated heterocycles. The van der Waals surface area contributed by atoms with E-state index < -0.39 is 10.0 Å². The summed E-state index contributed by atoms with van der Waals surface area (Å²) in [6.45, 7) is 0.800. The number of hydrogen-bond donors (Lipinski definition) is 2. The number of nitrogens with one attached hydrogen (secondary N) is 1. The van der Waals surface area contributed by atoms with Crippen molar-refractivity contribution in [3.63, 3.8) is 0 Å². The van der Waals surface area contributed by atoms with Crippen molar-refractivity contribution in [2.45, 2.75) is 10.8 Å². The second-order valence-corrected chi connectivity index (χ2v) is 6.83. The molecule has 19 heavy (non-hydrogen) atoms. The van der Waals surface area contributed by atoms with Gasteiger partial charge in [-0.2, -0.15) is 0 Å². The molecule has 106 valence electrons. The van der Waals surface area contributed by atoms with Crippen LogP contribution in [0.5, 0.6) is 0 Å². The lowest BCUT2D eigenvalue weighted by atomic mass is 10.3. The largest absolute Gasteiger partial charge is 0.348 e. The molecule has 1 aromatic heterocycles. The van der Waals surface area contributed by atoms with E-state index in [0.29, 0.717) is 12.1 Å². The number of carbonyl (C=O) groups excluding carboxylic acids is 1. The van der Waals surface area contributed by atoms with E-state index in [1.807, 2.05) is 19.0 Å². The van der Waals surface area contributed by atoms with Gasteiger partial charge in [0.2, 0.25) is 15.9 Å². The van der Waals surface area contributed by atoms with Gasteiger partial charge in [-0.1, -0.05) is 6.08 Å². The van der Waals surface area contributed by atoms with Gasteiger partial charge in [-0.25, -0.2) is 13.6 Å². The molecular formula is C11H17N3O3S2. The van der Waals surface area contributed by atoms with Gasteiger partial charge < -0.3 is 10.2 Å². The van der Waals surface area contributed by atoms with E-state index in [1.54, 1.807) is 17.5 Å². The molecule has 3 N–H and O–H groups in total. The fourth-order valence-corrected chi connectivity index (χ4v) is 3.17. The van der Waals surface area contributed by atoms with Gasteiger partial charge in [0.25, 0.3) is 0 Å². The van der Waals surface area contributed by atoms with Crippen molar-refractivity contribution in [2.75, 3.05) is 20.6 Å². The lowest BCUT2D eigenvalue weighted by molar-refractivity contribution is -0.116. The number of primary sulfonamides is 1. The Kier molecular flexibility index (Phi) is 5.67. The number of carbonyl (C=O) groups is 1. The van der Waals surface area contributed by atoms with Gasteiger partial charge >= 0.3 is 0 Å². The fraction of sp³-hybridized carbons (Fsp3) is 0.364. The average molecular weight is 303 g/mol. The molecule has 1 aromatic rings. The maximum Gasteiger partial charge on any atom is 0.247 e. The topological polar surface area (TPSA) is 92.5 Å². The molecule has 1 heterocycles. The number of likely N-dealkylation sites (N-methyl/N-ethyl adjacent to an activating group) is 1. The van der Waals surface area contributed by atoms with Crippen molar-refractivity contribution in [2.24, 2.45) is 5.14 Å². The van der Waals surface area contributed by atoms with Crippen molar-refractivity contribution in [3.05, 3.63) is 29.2 Å². The highest BCUT2D eigenvalue weighted by Gasteiger charge is 2.15. The zero-order valence-corrected chi connectivity index (χ0v) is 12.4. The smallest absolute Gasteiger partial charge is 0.247 e. The Morgan fingerprint density at radius 2 is 2.21 bits per heavy atom. The lowest BCUT2D eigenvalue weighted by Crippen LogP contribution is -2.22. The first-order chi connectivity index (χ1) is 8.80. The van der Waals surface area contributed by atoms with E-state index in [2.05, 4.69) is 5.32 Å². The van der Waals surface area contributed by atoms with Gasteiger partial charge in [0.15, 0.2) is 0 Å². The predicted molar refractivity (Wildman–Crippen MR) is 75.2 cm³/mol. The van der Waals surface area contributed by atoms with Crippen LogP contribution in [0.1, 0.15) is 5.56 Å². The van der Waals surface area contributed by atoms with Crippen LogP contribution in [-0.2, 0) is 21.4 Å². The number of amides is 1. The van der Waals surface area contributed by atoms with Crippen molar-refractivity contribution >= 4 is 27.3 Å². The van der Waals surface area contributed by atoms with Gasteiger partial charge in [-0.05, 0) is 25.5 Å². The van der Waals surface area contributed by atoms with Crippen LogP contribution in [-0.4, -0.2) is 39.9 Å². The molecule has 0 aliphatic rings. The second-order valence-electron chi connectivity index (χ2n) is 4.16. The molecule has 1 rings (SSSR count). The van der Waals surface area contributed by atoms with Gasteiger partial charge in [0, 0.05) is 24.7 Å². The van der Waals surface area contributed by atoms with Gasteiger partial charge in [0.1, 0.15) is 4.21 Å². The molecule has 6 nitrogen and oxygen atoms in total. The predicted octanol–water partition coefficient (Wildman–Crippen LogP) is 0.130. The van der Waals surface area contributed by atoms with E-state index in [1.165, 1.54) is 6.08 Å². The molecule has 0 atom stereocenters. The van der Waals surface area contributed by atoms with Crippen molar-refractivity contribution in [1.29, 1.82) is 0 Å². The van der Waals surface area contributed by atoms with E-state index in [-0.39, 0.29) is 16.7 Å². The zero-order chi connectivity index (χ0) is 14.5. The van der Waals surface area contributed by atoms with E-state index in [4.69, 9.17) is 5.14 Å². The monoisotopic (exact) mass is 303 g/mol. The zero-order valence-electron chi connectivity index (χ0n) is 10.8. The summed E-state index contributed by atoms with van der Waals surface area (Å²) in [5, 5.41) is 9.31. The minimum atomic E-state index is -3.72. The number of sulfonamides is 1. The van der Waals surface area contributed by atoms with Crippen LogP contribution < -0.4 is 10.5 Å². The molecule has 0 aromatic carbocycles. The molecule has 0 saturated carbocycles. The van der Waals surface area contributed by atoms with Crippen LogP contribution in [0.2, 0.25) is 0 Å². The van der Waals surface area contributed by atoms with Crippen LogP contribution in [0.15, 0.2) is 27.8 Å². The van der Waals surface area contributed by atoms with Crippen LogP contribution in [0.25, 0.3) is 0 Å². The number of rotatable bonds is 6. The Morgan fingerprint density at radius 3 is 2.79 bits per heavy atom. The van der Waals surface area contributed by atoms with Crippen LogP contribution >= 0.6 is 11.3 Å². The lowest BCUT2D eigenvalue weighted by Gasteiger charge is -2.05. The number of nitrogens with two attached hydrogens (primary N) is 1. The molecule has 8 heteroatoms. The Balaban J connectivity index is 2.56. The molecule has 0 bridgehead atoms. The highest BCUT2D eigenvalue weighted by molar-refractivity contribution is 7.91. The van der Waals surface area contributed by atoms with E-state index >= 15 is 0 Å². The van der Waals surface area contributed by atoms with Crippen LogP contribution in [0.3, 0.4) is 0 Å². The summed E-state index contributed by atoms with van der Waals surface area (Å²) in [5.74, 6) is -0.270. The minimum Gasteiger partial charge on any atom is -0.348 e. The Labute approximate surface area is 117 Å². The Bertz CT molecular complexity index is 561. The van der Waals surface area contributed by atoms with Crippen molar-refractivity contribution in [3.8, 4) is 0 Å². The molecule has 0 fully saturated rings. The molecule has 1 amide bonds. The first-order valence-corrected chi connectivity index (χ1v) is 7.91. The quantitative estimate of drug-likeness (QED) is 0.731. The highest BCUT2D eigenvalue weighted by Crippen LogP contribution is 2.20.